The molecule has 2 heterocycles. The zero-order valence-electron chi connectivity index (χ0n) is 15.1. The average molecular weight is 435 g/mol. The van der Waals surface area contributed by atoms with Crippen LogP contribution in [0.3, 0.4) is 0 Å². The van der Waals surface area contributed by atoms with Crippen molar-refractivity contribution in [3.63, 3.8) is 0 Å². The summed E-state index contributed by atoms with van der Waals surface area (Å²) in [5, 5.41) is 2.04. The van der Waals surface area contributed by atoms with E-state index in [-0.39, 0.29) is 4.90 Å². The number of thiophene rings is 1. The van der Waals surface area contributed by atoms with Gasteiger partial charge in [-0.15, -0.1) is 11.3 Å². The normalized spacial score (nSPS) is 14.1. The van der Waals surface area contributed by atoms with Crippen LogP contribution >= 0.6 is 11.3 Å². The van der Waals surface area contributed by atoms with E-state index < -0.39 is 26.5 Å². The lowest BCUT2D eigenvalue weighted by Crippen LogP contribution is -2.18. The second-order valence-corrected chi connectivity index (χ2v) is 9.58. The molecular formula is C21H16F3NO2S2. The van der Waals surface area contributed by atoms with Crippen molar-refractivity contribution in [2.45, 2.75) is 29.1 Å². The van der Waals surface area contributed by atoms with E-state index in [2.05, 4.69) is 11.0 Å². The predicted molar refractivity (Wildman–Crippen MR) is 106 cm³/mol. The van der Waals surface area contributed by atoms with E-state index in [1.54, 1.807) is 23.5 Å². The number of rotatable bonds is 4. The minimum Gasteiger partial charge on any atom is -0.368 e. The molecule has 0 radical (unpaired) electrons. The van der Waals surface area contributed by atoms with Crippen LogP contribution in [0.2, 0.25) is 0 Å². The molecule has 0 aliphatic carbocycles. The van der Waals surface area contributed by atoms with Gasteiger partial charge in [-0.3, -0.25) is 0 Å². The first-order valence-corrected chi connectivity index (χ1v) is 11.1. The third-order valence-electron chi connectivity index (χ3n) is 4.69. The van der Waals surface area contributed by atoms with E-state index in [0.29, 0.717) is 6.54 Å². The maximum absolute atomic E-state index is 13.2. The van der Waals surface area contributed by atoms with Gasteiger partial charge in [-0.1, -0.05) is 24.3 Å². The molecule has 0 saturated carbocycles. The quantitative estimate of drug-likeness (QED) is 0.536. The maximum atomic E-state index is 13.2. The van der Waals surface area contributed by atoms with Gasteiger partial charge in [0.05, 0.1) is 21.9 Å². The van der Waals surface area contributed by atoms with Gasteiger partial charge in [-0.25, -0.2) is 8.42 Å². The van der Waals surface area contributed by atoms with Crippen molar-refractivity contribution in [3.8, 4) is 0 Å². The number of benzene rings is 2. The third-order valence-corrected chi connectivity index (χ3v) is 7.44. The molecule has 0 bridgehead atoms. The van der Waals surface area contributed by atoms with Gasteiger partial charge >= 0.3 is 6.18 Å². The predicted octanol–water partition coefficient (Wildman–Crippen LogP) is 5.59. The van der Waals surface area contributed by atoms with Crippen LogP contribution in [-0.4, -0.2) is 13.3 Å². The minimum atomic E-state index is -4.75. The van der Waals surface area contributed by atoms with Crippen molar-refractivity contribution in [3.05, 3.63) is 87.7 Å². The Morgan fingerprint density at radius 3 is 2.45 bits per heavy atom. The summed E-state index contributed by atoms with van der Waals surface area (Å²) in [5.41, 5.74) is 0.919. The summed E-state index contributed by atoms with van der Waals surface area (Å²) in [5.74, 6) is 0. The fourth-order valence-corrected chi connectivity index (χ4v) is 5.60. The maximum Gasteiger partial charge on any atom is 0.417 e. The summed E-state index contributed by atoms with van der Waals surface area (Å²) in [6.07, 6.45) is -0.730. The lowest BCUT2D eigenvalue weighted by molar-refractivity contribution is -0.139. The molecule has 1 aliphatic heterocycles. The molecule has 0 saturated heterocycles. The number of nitrogens with zero attached hydrogens (tertiary/aromatic N) is 1. The minimum absolute atomic E-state index is 0.160. The van der Waals surface area contributed by atoms with E-state index >= 15 is 0 Å². The molecule has 0 unspecified atom stereocenters. The Morgan fingerprint density at radius 2 is 1.72 bits per heavy atom. The molecule has 150 valence electrons. The van der Waals surface area contributed by atoms with Crippen molar-refractivity contribution in [1.82, 2.24) is 4.90 Å². The van der Waals surface area contributed by atoms with E-state index in [4.69, 9.17) is 0 Å². The molecule has 1 aliphatic rings. The second kappa shape index (κ2) is 7.35. The first kappa shape index (κ1) is 19.7. The number of halogens is 3. The second-order valence-electron chi connectivity index (χ2n) is 6.66. The molecule has 29 heavy (non-hydrogen) atoms. The SMILES string of the molecule is O=S(=O)(c1ccc(CN2C=Cc3ccsc3C2)cc1)c1ccccc1C(F)(F)F. The highest BCUT2D eigenvalue weighted by Crippen LogP contribution is 2.36. The lowest BCUT2D eigenvalue weighted by atomic mass is 10.1. The zero-order valence-corrected chi connectivity index (χ0v) is 16.7. The highest BCUT2D eigenvalue weighted by Gasteiger charge is 2.37. The standard InChI is InChI=1S/C21H16F3NO2S2/c22-21(23,24)18-3-1-2-4-20(18)29(26,27)17-7-5-15(6-8-17)13-25-11-9-16-10-12-28-19(16)14-25/h1-12H,13-14H2. The van der Waals surface area contributed by atoms with Crippen LogP contribution in [-0.2, 0) is 29.1 Å². The fraction of sp³-hybridized carbons (Fsp3) is 0.143. The number of hydrogen-bond acceptors (Lipinski definition) is 4. The topological polar surface area (TPSA) is 37.4 Å². The molecule has 0 spiro atoms. The van der Waals surface area contributed by atoms with Crippen molar-refractivity contribution in [2.75, 3.05) is 0 Å². The van der Waals surface area contributed by atoms with E-state index in [9.17, 15) is 21.6 Å². The molecule has 0 atom stereocenters. The van der Waals surface area contributed by atoms with Gasteiger partial charge in [-0.05, 0) is 52.9 Å². The van der Waals surface area contributed by atoms with E-state index in [0.717, 1.165) is 24.2 Å². The molecule has 3 aromatic rings. The summed E-state index contributed by atoms with van der Waals surface area (Å²) < 4.78 is 65.3. The van der Waals surface area contributed by atoms with Crippen LogP contribution < -0.4 is 0 Å². The van der Waals surface area contributed by atoms with Crippen LogP contribution in [0.5, 0.6) is 0 Å². The summed E-state index contributed by atoms with van der Waals surface area (Å²) >= 11 is 1.68. The molecule has 2 aromatic carbocycles. The van der Waals surface area contributed by atoms with Crippen LogP contribution in [0.1, 0.15) is 21.6 Å². The third kappa shape index (κ3) is 3.95. The molecule has 0 fully saturated rings. The highest BCUT2D eigenvalue weighted by molar-refractivity contribution is 7.91. The van der Waals surface area contributed by atoms with Gasteiger partial charge in [0, 0.05) is 17.6 Å². The number of hydrogen-bond donors (Lipinski definition) is 0. The summed E-state index contributed by atoms with van der Waals surface area (Å²) in [6, 6.07) is 12.3. The van der Waals surface area contributed by atoms with Crippen LogP contribution in [0.25, 0.3) is 6.08 Å². The van der Waals surface area contributed by atoms with Gasteiger partial charge in [0.15, 0.2) is 0 Å². The average Bonchev–Trinajstić information content (AvgIpc) is 3.16. The first-order chi connectivity index (χ1) is 13.7. The molecule has 1 aromatic heterocycles. The Morgan fingerprint density at radius 1 is 1.00 bits per heavy atom. The van der Waals surface area contributed by atoms with Crippen molar-refractivity contribution in [2.24, 2.45) is 0 Å². The summed E-state index contributed by atoms with van der Waals surface area (Å²) in [7, 11) is -4.28. The monoisotopic (exact) mass is 435 g/mol. The smallest absolute Gasteiger partial charge is 0.368 e. The van der Waals surface area contributed by atoms with Gasteiger partial charge < -0.3 is 4.90 Å². The highest BCUT2D eigenvalue weighted by atomic mass is 32.2. The molecule has 0 amide bonds. The molecule has 3 nitrogen and oxygen atoms in total. The molecule has 4 rings (SSSR count). The number of sulfone groups is 1. The molecule has 0 N–H and O–H groups in total. The van der Waals surface area contributed by atoms with Crippen LogP contribution in [0, 0.1) is 0 Å². The lowest BCUT2D eigenvalue weighted by Gasteiger charge is -2.23. The van der Waals surface area contributed by atoms with Crippen LogP contribution in [0.4, 0.5) is 13.2 Å². The van der Waals surface area contributed by atoms with Gasteiger partial charge in [0.25, 0.3) is 0 Å². The van der Waals surface area contributed by atoms with Crippen molar-refractivity contribution in [1.29, 1.82) is 0 Å². The van der Waals surface area contributed by atoms with Crippen molar-refractivity contribution >= 4 is 27.3 Å². The van der Waals surface area contributed by atoms with Gasteiger partial charge in [-0.2, -0.15) is 13.2 Å². The molecular weight excluding hydrogens is 419 g/mol. The van der Waals surface area contributed by atoms with Gasteiger partial charge in [0.1, 0.15) is 0 Å². The molecule has 8 heteroatoms. The van der Waals surface area contributed by atoms with E-state index in [1.807, 2.05) is 17.7 Å². The summed E-state index contributed by atoms with van der Waals surface area (Å²) in [6.45, 7) is 1.34. The van der Waals surface area contributed by atoms with E-state index in [1.165, 1.54) is 34.7 Å². The number of alkyl halides is 3. The Bertz CT molecular complexity index is 1160. The Balaban J connectivity index is 1.57. The van der Waals surface area contributed by atoms with Crippen molar-refractivity contribution < 1.29 is 21.6 Å². The summed E-state index contributed by atoms with van der Waals surface area (Å²) in [4.78, 5) is 2.47. The zero-order chi connectivity index (χ0) is 20.6. The largest absolute Gasteiger partial charge is 0.417 e. The van der Waals surface area contributed by atoms with Crippen LogP contribution in [0.15, 0.2) is 76.0 Å². The number of fused-ring (bicyclic) bond motifs is 1. The fourth-order valence-electron chi connectivity index (χ4n) is 3.23. The Hall–Kier alpha value is -2.58. The first-order valence-electron chi connectivity index (χ1n) is 8.74. The Labute approximate surface area is 170 Å². The Kier molecular flexibility index (Phi) is 5.00. The van der Waals surface area contributed by atoms with Gasteiger partial charge in [0.2, 0.25) is 9.84 Å².